The molecule has 1 saturated heterocycles. The van der Waals surface area contributed by atoms with Crippen molar-refractivity contribution in [2.24, 2.45) is 0 Å². The monoisotopic (exact) mass is 273 g/mol. The van der Waals surface area contributed by atoms with Gasteiger partial charge in [-0.2, -0.15) is 0 Å². The molecule has 94 valence electrons. The SMILES string of the molecule is CNC1CCOCC1S(=O)c1ccc(Cl)cc1. The molecule has 1 aromatic rings. The first-order chi connectivity index (χ1) is 8.22. The molecule has 0 radical (unpaired) electrons. The third kappa shape index (κ3) is 3.07. The van der Waals surface area contributed by atoms with Crippen molar-refractivity contribution < 1.29 is 8.95 Å². The van der Waals surface area contributed by atoms with E-state index in [0.29, 0.717) is 11.6 Å². The van der Waals surface area contributed by atoms with Crippen LogP contribution in [0.2, 0.25) is 5.02 Å². The van der Waals surface area contributed by atoms with Crippen LogP contribution in [-0.2, 0) is 15.5 Å². The highest BCUT2D eigenvalue weighted by Crippen LogP contribution is 2.20. The average molecular weight is 274 g/mol. The van der Waals surface area contributed by atoms with Gasteiger partial charge in [-0.05, 0) is 37.7 Å². The molecule has 0 saturated carbocycles. The number of hydrogen-bond donors (Lipinski definition) is 1. The van der Waals surface area contributed by atoms with Crippen LogP contribution in [0.3, 0.4) is 0 Å². The summed E-state index contributed by atoms with van der Waals surface area (Å²) in [5.41, 5.74) is 0. The Morgan fingerprint density at radius 3 is 2.76 bits per heavy atom. The maximum atomic E-state index is 12.4. The fourth-order valence-electron chi connectivity index (χ4n) is 2.00. The van der Waals surface area contributed by atoms with Crippen LogP contribution in [0.25, 0.3) is 0 Å². The lowest BCUT2D eigenvalue weighted by Crippen LogP contribution is -2.47. The second-order valence-electron chi connectivity index (χ2n) is 4.05. The molecule has 3 atom stereocenters. The summed E-state index contributed by atoms with van der Waals surface area (Å²) in [6.45, 7) is 1.28. The van der Waals surface area contributed by atoms with Gasteiger partial charge in [-0.3, -0.25) is 4.21 Å². The third-order valence-electron chi connectivity index (χ3n) is 3.00. The molecular weight excluding hydrogens is 258 g/mol. The van der Waals surface area contributed by atoms with E-state index in [-0.39, 0.29) is 11.3 Å². The normalized spacial score (nSPS) is 26.7. The van der Waals surface area contributed by atoms with Crippen LogP contribution < -0.4 is 5.32 Å². The maximum Gasteiger partial charge on any atom is 0.0781 e. The Labute approximate surface area is 109 Å². The lowest BCUT2D eigenvalue weighted by atomic mass is 10.1. The van der Waals surface area contributed by atoms with Gasteiger partial charge in [0.25, 0.3) is 0 Å². The van der Waals surface area contributed by atoms with Crippen molar-refractivity contribution in [2.45, 2.75) is 22.6 Å². The summed E-state index contributed by atoms with van der Waals surface area (Å²) >= 11 is 5.82. The van der Waals surface area contributed by atoms with Crippen molar-refractivity contribution in [1.29, 1.82) is 0 Å². The van der Waals surface area contributed by atoms with Crippen LogP contribution >= 0.6 is 11.6 Å². The summed E-state index contributed by atoms with van der Waals surface area (Å²) in [7, 11) is 0.851. The van der Waals surface area contributed by atoms with E-state index in [1.54, 1.807) is 12.1 Å². The highest BCUT2D eigenvalue weighted by molar-refractivity contribution is 7.85. The van der Waals surface area contributed by atoms with Crippen LogP contribution in [0.5, 0.6) is 0 Å². The Kier molecular flexibility index (Phi) is 4.56. The van der Waals surface area contributed by atoms with Gasteiger partial charge in [0.15, 0.2) is 0 Å². The van der Waals surface area contributed by atoms with Gasteiger partial charge in [0.2, 0.25) is 0 Å². The summed E-state index contributed by atoms with van der Waals surface area (Å²) in [5, 5.41) is 3.89. The number of halogens is 1. The van der Waals surface area contributed by atoms with Gasteiger partial charge >= 0.3 is 0 Å². The van der Waals surface area contributed by atoms with E-state index in [1.807, 2.05) is 19.2 Å². The molecule has 0 aliphatic carbocycles. The predicted octanol–water partition coefficient (Wildman–Crippen LogP) is 1.82. The molecule has 3 nitrogen and oxygen atoms in total. The maximum absolute atomic E-state index is 12.4. The molecule has 1 fully saturated rings. The summed E-state index contributed by atoms with van der Waals surface area (Å²) in [4.78, 5) is 0.810. The number of rotatable bonds is 3. The summed E-state index contributed by atoms with van der Waals surface area (Å²) in [5.74, 6) is 0. The standard InChI is InChI=1S/C12H16ClNO2S/c1-14-11-6-7-16-8-12(11)17(15)10-4-2-9(13)3-5-10/h2-5,11-12,14H,6-8H2,1H3. The molecule has 0 spiro atoms. The van der Waals surface area contributed by atoms with Gasteiger partial charge in [0.05, 0.1) is 22.7 Å². The second-order valence-corrected chi connectivity index (χ2v) is 6.16. The highest BCUT2D eigenvalue weighted by Gasteiger charge is 2.30. The van der Waals surface area contributed by atoms with Gasteiger partial charge in [0, 0.05) is 22.6 Å². The molecule has 2 rings (SSSR count). The van der Waals surface area contributed by atoms with E-state index in [2.05, 4.69) is 5.32 Å². The lowest BCUT2D eigenvalue weighted by Gasteiger charge is -2.30. The Bertz CT molecular complexity index is 396. The molecule has 5 heteroatoms. The van der Waals surface area contributed by atoms with Crippen molar-refractivity contribution in [1.82, 2.24) is 5.32 Å². The van der Waals surface area contributed by atoms with Gasteiger partial charge in [-0.15, -0.1) is 0 Å². The molecule has 1 aliphatic rings. The van der Waals surface area contributed by atoms with E-state index in [9.17, 15) is 4.21 Å². The Balaban J connectivity index is 2.15. The van der Waals surface area contributed by atoms with Gasteiger partial charge in [-0.25, -0.2) is 0 Å². The van der Waals surface area contributed by atoms with Crippen LogP contribution in [-0.4, -0.2) is 35.8 Å². The van der Waals surface area contributed by atoms with Crippen molar-refractivity contribution in [3.8, 4) is 0 Å². The molecule has 0 amide bonds. The second kappa shape index (κ2) is 5.96. The van der Waals surface area contributed by atoms with Crippen LogP contribution in [0, 0.1) is 0 Å². The Morgan fingerprint density at radius 2 is 2.12 bits per heavy atom. The zero-order chi connectivity index (χ0) is 12.3. The van der Waals surface area contributed by atoms with E-state index >= 15 is 0 Å². The third-order valence-corrected chi connectivity index (χ3v) is 5.00. The zero-order valence-corrected chi connectivity index (χ0v) is 11.3. The first-order valence-electron chi connectivity index (χ1n) is 5.63. The minimum atomic E-state index is -1.05. The van der Waals surface area contributed by atoms with E-state index in [0.717, 1.165) is 17.9 Å². The molecule has 1 N–H and O–H groups in total. The molecule has 3 unspecified atom stereocenters. The first kappa shape index (κ1) is 13.0. The quantitative estimate of drug-likeness (QED) is 0.913. The molecule has 1 aromatic carbocycles. The topological polar surface area (TPSA) is 38.3 Å². The predicted molar refractivity (Wildman–Crippen MR) is 69.9 cm³/mol. The summed E-state index contributed by atoms with van der Waals surface area (Å²) in [6, 6.07) is 7.43. The molecule has 17 heavy (non-hydrogen) atoms. The van der Waals surface area contributed by atoms with Gasteiger partial charge < -0.3 is 10.1 Å². The fourth-order valence-corrected chi connectivity index (χ4v) is 3.67. The molecule has 1 heterocycles. The molecular formula is C12H16ClNO2S. The summed E-state index contributed by atoms with van der Waals surface area (Å²) < 4.78 is 17.8. The van der Waals surface area contributed by atoms with Crippen molar-refractivity contribution in [2.75, 3.05) is 20.3 Å². The average Bonchev–Trinajstić information content (AvgIpc) is 2.39. The van der Waals surface area contributed by atoms with E-state index < -0.39 is 10.8 Å². The minimum absolute atomic E-state index is 0.00919. The number of ether oxygens (including phenoxy) is 1. The van der Waals surface area contributed by atoms with Crippen molar-refractivity contribution >= 4 is 22.4 Å². The molecule has 0 bridgehead atoms. The van der Waals surface area contributed by atoms with Crippen LogP contribution in [0.15, 0.2) is 29.2 Å². The largest absolute Gasteiger partial charge is 0.380 e. The fraction of sp³-hybridized carbons (Fsp3) is 0.500. The molecule has 1 aliphatic heterocycles. The lowest BCUT2D eigenvalue weighted by molar-refractivity contribution is 0.0838. The number of hydrogen-bond acceptors (Lipinski definition) is 3. The van der Waals surface area contributed by atoms with Crippen LogP contribution in [0.4, 0.5) is 0 Å². The Morgan fingerprint density at radius 1 is 1.41 bits per heavy atom. The van der Waals surface area contributed by atoms with E-state index in [1.165, 1.54) is 0 Å². The Hall–Kier alpha value is -0.420. The van der Waals surface area contributed by atoms with Crippen LogP contribution in [0.1, 0.15) is 6.42 Å². The molecule has 0 aromatic heterocycles. The van der Waals surface area contributed by atoms with Crippen molar-refractivity contribution in [3.05, 3.63) is 29.3 Å². The highest BCUT2D eigenvalue weighted by atomic mass is 35.5. The zero-order valence-electron chi connectivity index (χ0n) is 9.69. The number of nitrogens with one attached hydrogen (secondary N) is 1. The van der Waals surface area contributed by atoms with Gasteiger partial charge in [-0.1, -0.05) is 11.6 Å². The van der Waals surface area contributed by atoms with Crippen molar-refractivity contribution in [3.63, 3.8) is 0 Å². The smallest absolute Gasteiger partial charge is 0.0781 e. The summed E-state index contributed by atoms with van der Waals surface area (Å²) in [6.07, 6.45) is 0.903. The minimum Gasteiger partial charge on any atom is -0.380 e. The van der Waals surface area contributed by atoms with E-state index in [4.69, 9.17) is 16.3 Å². The number of benzene rings is 1. The first-order valence-corrected chi connectivity index (χ1v) is 7.22. The van der Waals surface area contributed by atoms with Gasteiger partial charge in [0.1, 0.15) is 0 Å².